The van der Waals surface area contributed by atoms with E-state index in [1.54, 1.807) is 29.2 Å². The van der Waals surface area contributed by atoms with Gasteiger partial charge in [-0.1, -0.05) is 55.8 Å². The Balaban J connectivity index is 2.22. The molecule has 0 aliphatic carbocycles. The van der Waals surface area contributed by atoms with Gasteiger partial charge in [-0.2, -0.15) is 0 Å². The number of hydrogen-bond acceptors (Lipinski definition) is 5. The number of rotatable bonds is 14. The minimum Gasteiger partial charge on any atom is -0.495 e. The van der Waals surface area contributed by atoms with Crippen molar-refractivity contribution >= 4 is 27.5 Å². The number of anilines is 1. The van der Waals surface area contributed by atoms with Crippen LogP contribution in [0.3, 0.4) is 0 Å². The second-order valence-corrected chi connectivity index (χ2v) is 10.7. The first kappa shape index (κ1) is 29.2. The molecule has 36 heavy (non-hydrogen) atoms. The van der Waals surface area contributed by atoms with Gasteiger partial charge in [0.25, 0.3) is 0 Å². The van der Waals surface area contributed by atoms with Crippen molar-refractivity contribution < 1.29 is 22.7 Å². The average molecular weight is 518 g/mol. The van der Waals surface area contributed by atoms with Crippen LogP contribution in [-0.4, -0.2) is 57.6 Å². The minimum absolute atomic E-state index is 0.102. The normalized spacial score (nSPS) is 12.0. The van der Waals surface area contributed by atoms with Crippen LogP contribution in [0.5, 0.6) is 5.75 Å². The Morgan fingerprint density at radius 1 is 1.06 bits per heavy atom. The van der Waals surface area contributed by atoms with Crippen molar-refractivity contribution in [1.82, 2.24) is 10.2 Å². The van der Waals surface area contributed by atoms with Crippen LogP contribution in [0.2, 0.25) is 0 Å². The molecule has 198 valence electrons. The number of carbonyl (C=O) groups is 2. The van der Waals surface area contributed by atoms with E-state index in [1.807, 2.05) is 45.0 Å². The first-order valence-electron chi connectivity index (χ1n) is 12.4. The van der Waals surface area contributed by atoms with Crippen LogP contribution < -0.4 is 14.4 Å². The number of sulfonamides is 1. The molecule has 0 spiro atoms. The first-order valence-corrected chi connectivity index (χ1v) is 14.2. The summed E-state index contributed by atoms with van der Waals surface area (Å²) in [4.78, 5) is 27.9. The van der Waals surface area contributed by atoms with E-state index in [0.29, 0.717) is 37.4 Å². The van der Waals surface area contributed by atoms with E-state index in [-0.39, 0.29) is 24.8 Å². The minimum atomic E-state index is -3.60. The summed E-state index contributed by atoms with van der Waals surface area (Å²) in [6, 6.07) is 14.2. The number of para-hydroxylation sites is 2. The average Bonchev–Trinajstić information content (AvgIpc) is 2.85. The molecule has 0 radical (unpaired) electrons. The number of aryl methyl sites for hydroxylation is 1. The number of hydrogen-bond donors (Lipinski definition) is 1. The molecule has 2 rings (SSSR count). The second kappa shape index (κ2) is 13.9. The van der Waals surface area contributed by atoms with Gasteiger partial charge in [-0.05, 0) is 43.9 Å². The molecule has 8 nitrogen and oxygen atoms in total. The SMILES string of the molecule is CCCNC(=O)[C@@H](CC)N(Cc1ccc(C)cc1)C(=O)CCCN(c1ccccc1OC)S(C)(=O)=O. The van der Waals surface area contributed by atoms with Gasteiger partial charge in [-0.3, -0.25) is 13.9 Å². The highest BCUT2D eigenvalue weighted by Gasteiger charge is 2.29. The summed E-state index contributed by atoms with van der Waals surface area (Å²) in [7, 11) is -2.12. The van der Waals surface area contributed by atoms with Gasteiger partial charge in [-0.15, -0.1) is 0 Å². The van der Waals surface area contributed by atoms with Crippen molar-refractivity contribution in [3.8, 4) is 5.75 Å². The lowest BCUT2D eigenvalue weighted by Gasteiger charge is -2.31. The van der Waals surface area contributed by atoms with E-state index in [9.17, 15) is 18.0 Å². The monoisotopic (exact) mass is 517 g/mol. The highest BCUT2D eigenvalue weighted by molar-refractivity contribution is 7.92. The van der Waals surface area contributed by atoms with Crippen LogP contribution in [0.1, 0.15) is 50.7 Å². The molecule has 0 fully saturated rings. The van der Waals surface area contributed by atoms with Crippen LogP contribution >= 0.6 is 0 Å². The Bertz CT molecular complexity index is 1100. The lowest BCUT2D eigenvalue weighted by atomic mass is 10.1. The van der Waals surface area contributed by atoms with Gasteiger partial charge in [0.2, 0.25) is 21.8 Å². The number of nitrogens with one attached hydrogen (secondary N) is 1. The van der Waals surface area contributed by atoms with Gasteiger partial charge >= 0.3 is 0 Å². The maximum atomic E-state index is 13.4. The van der Waals surface area contributed by atoms with Crippen LogP contribution in [0, 0.1) is 6.92 Å². The summed E-state index contributed by atoms with van der Waals surface area (Å²) in [6.45, 7) is 6.82. The van der Waals surface area contributed by atoms with Gasteiger partial charge in [0.1, 0.15) is 11.8 Å². The zero-order valence-corrected chi connectivity index (χ0v) is 22.8. The quantitative estimate of drug-likeness (QED) is 0.410. The first-order chi connectivity index (χ1) is 17.1. The van der Waals surface area contributed by atoms with Gasteiger partial charge in [0, 0.05) is 26.1 Å². The summed E-state index contributed by atoms with van der Waals surface area (Å²) < 4.78 is 31.7. The van der Waals surface area contributed by atoms with E-state index in [4.69, 9.17) is 4.74 Å². The summed E-state index contributed by atoms with van der Waals surface area (Å²) in [5, 5.41) is 2.91. The van der Waals surface area contributed by atoms with Gasteiger partial charge in [0.05, 0.1) is 19.1 Å². The molecular weight excluding hydrogens is 478 g/mol. The van der Waals surface area contributed by atoms with E-state index >= 15 is 0 Å². The molecule has 0 aliphatic heterocycles. The van der Waals surface area contributed by atoms with Gasteiger partial charge in [0.15, 0.2) is 0 Å². The Kier molecular flexibility index (Phi) is 11.2. The predicted octanol–water partition coefficient (Wildman–Crippen LogP) is 3.88. The van der Waals surface area contributed by atoms with Crippen molar-refractivity contribution in [1.29, 1.82) is 0 Å². The fourth-order valence-electron chi connectivity index (χ4n) is 3.99. The molecule has 0 heterocycles. The molecule has 0 saturated heterocycles. The number of methoxy groups -OCH3 is 1. The Morgan fingerprint density at radius 3 is 2.31 bits per heavy atom. The van der Waals surface area contributed by atoms with E-state index in [0.717, 1.165) is 23.8 Å². The van der Waals surface area contributed by atoms with Crippen molar-refractivity contribution in [3.63, 3.8) is 0 Å². The summed E-state index contributed by atoms with van der Waals surface area (Å²) in [6.07, 6.45) is 2.81. The number of amides is 2. The topological polar surface area (TPSA) is 96.0 Å². The van der Waals surface area contributed by atoms with Crippen LogP contribution in [0.15, 0.2) is 48.5 Å². The van der Waals surface area contributed by atoms with Crippen molar-refractivity contribution in [2.75, 3.05) is 30.8 Å². The fraction of sp³-hybridized carbons (Fsp3) is 0.481. The molecule has 2 aromatic carbocycles. The third kappa shape index (κ3) is 8.26. The van der Waals surface area contributed by atoms with E-state index < -0.39 is 16.1 Å². The maximum absolute atomic E-state index is 13.4. The molecule has 2 amide bonds. The molecule has 1 atom stereocenters. The smallest absolute Gasteiger partial charge is 0.242 e. The van der Waals surface area contributed by atoms with Crippen molar-refractivity contribution in [3.05, 3.63) is 59.7 Å². The van der Waals surface area contributed by atoms with Gasteiger partial charge < -0.3 is 15.0 Å². The summed E-state index contributed by atoms with van der Waals surface area (Å²) >= 11 is 0. The highest BCUT2D eigenvalue weighted by Crippen LogP contribution is 2.29. The Hall–Kier alpha value is -3.07. The molecule has 9 heteroatoms. The second-order valence-electron chi connectivity index (χ2n) is 8.83. The Labute approximate surface area is 215 Å². The lowest BCUT2D eigenvalue weighted by Crippen LogP contribution is -2.49. The number of benzene rings is 2. The summed E-state index contributed by atoms with van der Waals surface area (Å²) in [5.41, 5.74) is 2.47. The summed E-state index contributed by atoms with van der Waals surface area (Å²) in [5.74, 6) is 0.0723. The zero-order valence-electron chi connectivity index (χ0n) is 22.0. The van der Waals surface area contributed by atoms with Crippen molar-refractivity contribution in [2.45, 2.75) is 59.0 Å². The van der Waals surface area contributed by atoms with Crippen LogP contribution in [-0.2, 0) is 26.2 Å². The van der Waals surface area contributed by atoms with Gasteiger partial charge in [-0.25, -0.2) is 8.42 Å². The fourth-order valence-corrected chi connectivity index (χ4v) is 4.96. The zero-order chi connectivity index (χ0) is 26.7. The molecule has 1 N–H and O–H groups in total. The third-order valence-electron chi connectivity index (χ3n) is 5.91. The molecule has 2 aromatic rings. The lowest BCUT2D eigenvalue weighted by molar-refractivity contribution is -0.141. The predicted molar refractivity (Wildman–Crippen MR) is 144 cm³/mol. The van der Waals surface area contributed by atoms with Crippen molar-refractivity contribution in [2.24, 2.45) is 0 Å². The molecule has 0 bridgehead atoms. The third-order valence-corrected chi connectivity index (χ3v) is 7.09. The standard InChI is InChI=1S/C27H39N3O5S/c1-6-18-28-27(32)23(7-2)29(20-22-16-14-21(3)15-17-22)26(31)13-10-19-30(36(5,33)34)24-11-8-9-12-25(24)35-4/h8-9,11-12,14-17,23H,6-7,10,13,18-20H2,1-5H3,(H,28,32)/t23-/m1/s1. The molecular formula is C27H39N3O5S. The number of carbonyl (C=O) groups excluding carboxylic acids is 2. The number of ether oxygens (including phenoxy) is 1. The highest BCUT2D eigenvalue weighted by atomic mass is 32.2. The largest absolute Gasteiger partial charge is 0.495 e. The molecule has 0 unspecified atom stereocenters. The van der Waals surface area contributed by atoms with Crippen LogP contribution in [0.4, 0.5) is 5.69 Å². The Morgan fingerprint density at radius 2 is 1.72 bits per heavy atom. The molecule has 0 aliphatic rings. The van der Waals surface area contributed by atoms with E-state index in [1.165, 1.54) is 11.4 Å². The van der Waals surface area contributed by atoms with Crippen LogP contribution in [0.25, 0.3) is 0 Å². The molecule has 0 saturated carbocycles. The maximum Gasteiger partial charge on any atom is 0.242 e. The number of nitrogens with zero attached hydrogens (tertiary/aromatic N) is 2. The van der Waals surface area contributed by atoms with E-state index in [2.05, 4.69) is 5.32 Å². The molecule has 0 aromatic heterocycles.